The minimum Gasteiger partial charge on any atom is -0.455 e. The van der Waals surface area contributed by atoms with E-state index in [4.69, 9.17) is 19.4 Å². The molecule has 0 unspecified atom stereocenters. The molecule has 286 valence electrons. The van der Waals surface area contributed by atoms with Crippen molar-refractivity contribution in [2.75, 3.05) is 0 Å². The zero-order valence-corrected chi connectivity index (χ0v) is 31.9. The summed E-state index contributed by atoms with van der Waals surface area (Å²) in [6.45, 7) is 0. The third kappa shape index (κ3) is 5.57. The second-order valence-corrected chi connectivity index (χ2v) is 15.0. The van der Waals surface area contributed by atoms with Gasteiger partial charge in [0, 0.05) is 21.9 Å². The topological polar surface area (TPSA) is 51.8 Å². The second kappa shape index (κ2) is 13.7. The first kappa shape index (κ1) is 35.5. The van der Waals surface area contributed by atoms with Crippen molar-refractivity contribution in [1.29, 1.82) is 0 Å². The van der Waals surface area contributed by atoms with Gasteiger partial charge in [-0.2, -0.15) is 13.2 Å². The summed E-state index contributed by atoms with van der Waals surface area (Å²) >= 11 is 0. The maximum atomic E-state index is 13.9. The summed E-state index contributed by atoms with van der Waals surface area (Å²) in [6, 6.07) is 62.4. The molecule has 1 aliphatic rings. The van der Waals surface area contributed by atoms with Gasteiger partial charge >= 0.3 is 6.18 Å². The minimum atomic E-state index is -4.48. The Labute approximate surface area is 343 Å². The largest absolute Gasteiger partial charge is 0.455 e. The number of halogens is 3. The molecule has 0 radical (unpaired) electrons. The molecule has 0 atom stereocenters. The van der Waals surface area contributed by atoms with E-state index in [1.807, 2.05) is 121 Å². The number of hydrogen-bond acceptors (Lipinski definition) is 4. The SMILES string of the molecule is FC(F)(F)c1ccc(-c2cc(-c3nc(-c4ccccc4)nc(-c4cccc5c4oc4ccccc45)n3)c3c(c2)C(c2ccccc2)(c2ccccc2)c2ccccc2-3)cc1. The third-order valence-electron chi connectivity index (χ3n) is 11.7. The Hall–Kier alpha value is -7.64. The highest BCUT2D eigenvalue weighted by Crippen LogP contribution is 2.59. The highest BCUT2D eigenvalue weighted by Gasteiger charge is 2.47. The third-order valence-corrected chi connectivity index (χ3v) is 11.7. The first-order valence-electron chi connectivity index (χ1n) is 19.7. The molecule has 0 aliphatic heterocycles. The van der Waals surface area contributed by atoms with Crippen molar-refractivity contribution >= 4 is 21.9 Å². The van der Waals surface area contributed by atoms with Crippen molar-refractivity contribution in [1.82, 2.24) is 15.0 Å². The Morgan fingerprint density at radius 1 is 0.417 bits per heavy atom. The average molecular weight is 784 g/mol. The molecule has 2 aromatic heterocycles. The molecule has 1 aliphatic carbocycles. The number of benzene rings is 8. The molecule has 0 spiro atoms. The van der Waals surface area contributed by atoms with Gasteiger partial charge < -0.3 is 4.42 Å². The van der Waals surface area contributed by atoms with E-state index in [9.17, 15) is 13.2 Å². The smallest absolute Gasteiger partial charge is 0.416 e. The van der Waals surface area contributed by atoms with Crippen LogP contribution in [0.2, 0.25) is 0 Å². The van der Waals surface area contributed by atoms with Crippen LogP contribution in [0.4, 0.5) is 13.2 Å². The highest BCUT2D eigenvalue weighted by atomic mass is 19.4. The molecule has 0 N–H and O–H groups in total. The van der Waals surface area contributed by atoms with Crippen LogP contribution in [0.3, 0.4) is 0 Å². The fourth-order valence-corrected chi connectivity index (χ4v) is 9.02. The zero-order chi connectivity index (χ0) is 40.4. The molecule has 0 fully saturated rings. The Bertz CT molecular complexity index is 3190. The summed E-state index contributed by atoms with van der Waals surface area (Å²) in [4.78, 5) is 15.7. The minimum absolute atomic E-state index is 0.420. The fourth-order valence-electron chi connectivity index (χ4n) is 9.02. The van der Waals surface area contributed by atoms with Crippen molar-refractivity contribution in [3.05, 3.63) is 222 Å². The molecule has 0 bridgehead atoms. The molecule has 11 rings (SSSR count). The molecule has 4 nitrogen and oxygen atoms in total. The van der Waals surface area contributed by atoms with E-state index < -0.39 is 17.2 Å². The number of rotatable bonds is 6. The molecule has 8 aromatic carbocycles. The van der Waals surface area contributed by atoms with Crippen LogP contribution < -0.4 is 0 Å². The zero-order valence-electron chi connectivity index (χ0n) is 31.9. The molecule has 0 saturated heterocycles. The van der Waals surface area contributed by atoms with E-state index in [1.54, 1.807) is 12.1 Å². The van der Waals surface area contributed by atoms with Crippen LogP contribution in [-0.4, -0.2) is 15.0 Å². The van der Waals surface area contributed by atoms with Crippen LogP contribution >= 0.6 is 0 Å². The van der Waals surface area contributed by atoms with Gasteiger partial charge in [0.25, 0.3) is 0 Å². The molecular formula is C53H32F3N3O. The predicted octanol–water partition coefficient (Wildman–Crippen LogP) is 13.8. The predicted molar refractivity (Wildman–Crippen MR) is 231 cm³/mol. The van der Waals surface area contributed by atoms with Crippen molar-refractivity contribution in [2.45, 2.75) is 11.6 Å². The van der Waals surface area contributed by atoms with Crippen LogP contribution in [-0.2, 0) is 11.6 Å². The van der Waals surface area contributed by atoms with Crippen LogP contribution in [0.25, 0.3) is 78.4 Å². The molecule has 0 saturated carbocycles. The molecule has 10 aromatic rings. The second-order valence-electron chi connectivity index (χ2n) is 15.0. The monoisotopic (exact) mass is 783 g/mol. The number of fused-ring (bicyclic) bond motifs is 6. The molecule has 60 heavy (non-hydrogen) atoms. The van der Waals surface area contributed by atoms with Gasteiger partial charge in [0.1, 0.15) is 11.2 Å². The highest BCUT2D eigenvalue weighted by molar-refractivity contribution is 6.09. The number of para-hydroxylation sites is 2. The lowest BCUT2D eigenvalue weighted by molar-refractivity contribution is -0.137. The molecular weight excluding hydrogens is 752 g/mol. The number of aromatic nitrogens is 3. The summed E-state index contributed by atoms with van der Waals surface area (Å²) in [5.41, 5.74) is 9.60. The number of furan rings is 1. The first-order valence-corrected chi connectivity index (χ1v) is 19.7. The fraction of sp³-hybridized carbons (Fsp3) is 0.0377. The van der Waals surface area contributed by atoms with Crippen molar-refractivity contribution in [2.24, 2.45) is 0 Å². The molecule has 7 heteroatoms. The Kier molecular flexibility index (Phi) is 8.13. The molecule has 2 heterocycles. The maximum Gasteiger partial charge on any atom is 0.416 e. The molecule has 0 amide bonds. The average Bonchev–Trinajstić information content (AvgIpc) is 3.83. The summed E-state index contributed by atoms with van der Waals surface area (Å²) in [5.74, 6) is 1.32. The van der Waals surface area contributed by atoms with Crippen LogP contribution in [0, 0.1) is 0 Å². The summed E-state index contributed by atoms with van der Waals surface area (Å²) < 4.78 is 48.2. The summed E-state index contributed by atoms with van der Waals surface area (Å²) in [5, 5.41) is 1.93. The summed E-state index contributed by atoms with van der Waals surface area (Å²) in [7, 11) is 0. The lowest BCUT2D eigenvalue weighted by Crippen LogP contribution is -2.28. The van der Waals surface area contributed by atoms with Gasteiger partial charge in [0.2, 0.25) is 0 Å². The standard InChI is InChI=1S/C53H32F3N3O/c54-53(55,56)38-29-27-33(28-30-38)35-31-43(47-41-22-10-12-25-44(41)52(45(47)32-35,36-17-6-2-7-18-36)37-19-8-3-9-20-37)51-58-49(34-15-4-1-5-16-34)57-50(59-51)42-24-14-23-40-39-21-11-13-26-46(39)60-48(40)42/h1-32H. The Balaban J connectivity index is 1.26. The van der Waals surface area contributed by atoms with E-state index in [2.05, 4.69) is 48.5 Å². The Morgan fingerprint density at radius 2 is 0.983 bits per heavy atom. The van der Waals surface area contributed by atoms with Gasteiger partial charge in [-0.05, 0) is 80.9 Å². The van der Waals surface area contributed by atoms with Gasteiger partial charge in [-0.3, -0.25) is 0 Å². The van der Waals surface area contributed by atoms with Crippen LogP contribution in [0.1, 0.15) is 27.8 Å². The Morgan fingerprint density at radius 3 is 1.68 bits per heavy atom. The van der Waals surface area contributed by atoms with E-state index in [0.29, 0.717) is 34.2 Å². The van der Waals surface area contributed by atoms with Gasteiger partial charge in [0.05, 0.1) is 16.5 Å². The van der Waals surface area contributed by atoms with Gasteiger partial charge in [-0.25, -0.2) is 15.0 Å². The number of nitrogens with zero attached hydrogens (tertiary/aromatic N) is 3. The van der Waals surface area contributed by atoms with Crippen molar-refractivity contribution < 1.29 is 17.6 Å². The lowest BCUT2D eigenvalue weighted by atomic mass is 9.67. The lowest BCUT2D eigenvalue weighted by Gasteiger charge is -2.34. The number of hydrogen-bond donors (Lipinski definition) is 0. The van der Waals surface area contributed by atoms with Crippen molar-refractivity contribution in [3.8, 4) is 56.4 Å². The van der Waals surface area contributed by atoms with Crippen LogP contribution in [0.15, 0.2) is 199 Å². The van der Waals surface area contributed by atoms with Gasteiger partial charge in [-0.15, -0.1) is 0 Å². The van der Waals surface area contributed by atoms with Gasteiger partial charge in [-0.1, -0.05) is 158 Å². The summed E-state index contributed by atoms with van der Waals surface area (Å²) in [6.07, 6.45) is -4.48. The van der Waals surface area contributed by atoms with Crippen molar-refractivity contribution in [3.63, 3.8) is 0 Å². The van der Waals surface area contributed by atoms with E-state index in [0.717, 1.165) is 78.6 Å². The number of alkyl halides is 3. The van der Waals surface area contributed by atoms with E-state index in [1.165, 1.54) is 0 Å². The van der Waals surface area contributed by atoms with E-state index >= 15 is 0 Å². The maximum absolute atomic E-state index is 13.9. The van der Waals surface area contributed by atoms with Crippen LogP contribution in [0.5, 0.6) is 0 Å². The van der Waals surface area contributed by atoms with E-state index in [-0.39, 0.29) is 0 Å². The quantitative estimate of drug-likeness (QED) is 0.169. The first-order chi connectivity index (χ1) is 29.4. The van der Waals surface area contributed by atoms with Gasteiger partial charge in [0.15, 0.2) is 17.5 Å². The normalized spacial score (nSPS) is 13.1.